The maximum absolute atomic E-state index is 8.48. The molecule has 0 saturated heterocycles. The van der Waals surface area contributed by atoms with Gasteiger partial charge in [-0.05, 0) is 12.5 Å². The van der Waals surface area contributed by atoms with E-state index in [0.717, 1.165) is 6.42 Å². The molecular weight excluding hydrogens is 118 g/mol. The summed E-state index contributed by atoms with van der Waals surface area (Å²) in [5, 5.41) is 17.0. The minimum atomic E-state index is -1.20. The van der Waals surface area contributed by atoms with Crippen molar-refractivity contribution < 1.29 is 10.2 Å². The van der Waals surface area contributed by atoms with Crippen molar-refractivity contribution in [1.29, 1.82) is 0 Å². The molecular formula is C6H15NO2. The van der Waals surface area contributed by atoms with E-state index in [0.29, 0.717) is 13.0 Å². The number of aliphatic hydroxyl groups is 2. The lowest BCUT2D eigenvalue weighted by atomic mass is 10.0. The second-order valence-electron chi connectivity index (χ2n) is 2.23. The van der Waals surface area contributed by atoms with Crippen LogP contribution in [0.4, 0.5) is 0 Å². The molecule has 4 N–H and O–H groups in total. The zero-order valence-electron chi connectivity index (χ0n) is 5.75. The predicted octanol–water partition coefficient (Wildman–Crippen LogP) is -0.328. The molecule has 0 bridgehead atoms. The average molecular weight is 133 g/mol. The first kappa shape index (κ1) is 8.88. The highest BCUT2D eigenvalue weighted by molar-refractivity contribution is 4.57. The molecule has 9 heavy (non-hydrogen) atoms. The first-order valence-electron chi connectivity index (χ1n) is 3.26. The summed E-state index contributed by atoms with van der Waals surface area (Å²) in [5.74, 6) is 0.255. The molecule has 0 saturated carbocycles. The van der Waals surface area contributed by atoms with Crippen molar-refractivity contribution in [2.45, 2.75) is 26.1 Å². The Morgan fingerprint density at radius 2 is 2.00 bits per heavy atom. The molecule has 0 aromatic heterocycles. The summed E-state index contributed by atoms with van der Waals surface area (Å²) in [6.45, 7) is 2.52. The van der Waals surface area contributed by atoms with Crippen LogP contribution in [0, 0.1) is 5.92 Å². The molecule has 3 nitrogen and oxygen atoms in total. The molecule has 3 heteroatoms. The van der Waals surface area contributed by atoms with Gasteiger partial charge in [0.2, 0.25) is 0 Å². The van der Waals surface area contributed by atoms with Crippen LogP contribution in [0.5, 0.6) is 0 Å². The van der Waals surface area contributed by atoms with Crippen LogP contribution in [0.2, 0.25) is 0 Å². The Balaban J connectivity index is 3.31. The second-order valence-corrected chi connectivity index (χ2v) is 2.23. The normalized spacial score (nSPS) is 14.3. The third kappa shape index (κ3) is 4.39. The van der Waals surface area contributed by atoms with Crippen molar-refractivity contribution in [3.05, 3.63) is 0 Å². The third-order valence-electron chi connectivity index (χ3n) is 1.45. The van der Waals surface area contributed by atoms with Gasteiger partial charge in [0, 0.05) is 6.42 Å². The van der Waals surface area contributed by atoms with Crippen LogP contribution in [-0.2, 0) is 0 Å². The standard InChI is InChI=1S/C6H15NO2/c1-2-5(4-7)3-6(8)9/h5-6,8-9H,2-4,7H2,1H3/t5-/m1/s1. The number of hydrogen-bond acceptors (Lipinski definition) is 3. The van der Waals surface area contributed by atoms with E-state index in [1.54, 1.807) is 0 Å². The van der Waals surface area contributed by atoms with Crippen LogP contribution in [-0.4, -0.2) is 23.0 Å². The summed E-state index contributed by atoms with van der Waals surface area (Å²) in [6.07, 6.45) is 0.111. The molecule has 0 heterocycles. The summed E-state index contributed by atoms with van der Waals surface area (Å²) >= 11 is 0. The van der Waals surface area contributed by atoms with E-state index >= 15 is 0 Å². The molecule has 0 rings (SSSR count). The van der Waals surface area contributed by atoms with Gasteiger partial charge in [-0.2, -0.15) is 0 Å². The van der Waals surface area contributed by atoms with Gasteiger partial charge in [0.15, 0.2) is 6.29 Å². The topological polar surface area (TPSA) is 66.5 Å². The van der Waals surface area contributed by atoms with Crippen LogP contribution in [0.25, 0.3) is 0 Å². The van der Waals surface area contributed by atoms with Gasteiger partial charge < -0.3 is 15.9 Å². The third-order valence-corrected chi connectivity index (χ3v) is 1.45. The summed E-state index contributed by atoms with van der Waals surface area (Å²) < 4.78 is 0. The lowest BCUT2D eigenvalue weighted by molar-refractivity contribution is -0.0554. The first-order chi connectivity index (χ1) is 4.20. The van der Waals surface area contributed by atoms with Gasteiger partial charge in [0.25, 0.3) is 0 Å². The maximum Gasteiger partial charge on any atom is 0.151 e. The van der Waals surface area contributed by atoms with Gasteiger partial charge in [-0.25, -0.2) is 0 Å². The van der Waals surface area contributed by atoms with E-state index in [1.165, 1.54) is 0 Å². The zero-order chi connectivity index (χ0) is 7.28. The van der Waals surface area contributed by atoms with Crippen molar-refractivity contribution in [3.63, 3.8) is 0 Å². The number of aliphatic hydroxyl groups excluding tert-OH is 1. The lowest BCUT2D eigenvalue weighted by Gasteiger charge is -2.12. The van der Waals surface area contributed by atoms with Crippen molar-refractivity contribution in [2.75, 3.05) is 6.54 Å². The summed E-state index contributed by atoms with van der Waals surface area (Å²) in [7, 11) is 0. The highest BCUT2D eigenvalue weighted by atomic mass is 16.5. The van der Waals surface area contributed by atoms with Crippen molar-refractivity contribution in [2.24, 2.45) is 11.7 Å². The SMILES string of the molecule is CC[C@@H](CN)CC(O)O. The number of hydrogen-bond donors (Lipinski definition) is 3. The quantitative estimate of drug-likeness (QED) is 0.460. The van der Waals surface area contributed by atoms with Gasteiger partial charge >= 0.3 is 0 Å². The summed E-state index contributed by atoms with van der Waals surface area (Å²) in [5.41, 5.74) is 5.31. The zero-order valence-corrected chi connectivity index (χ0v) is 5.75. The average Bonchev–Trinajstić information content (AvgIpc) is 1.82. The van der Waals surface area contributed by atoms with Crippen LogP contribution < -0.4 is 5.73 Å². The molecule has 0 aliphatic rings. The van der Waals surface area contributed by atoms with Gasteiger partial charge in [0.05, 0.1) is 0 Å². The molecule has 56 valence electrons. The highest BCUT2D eigenvalue weighted by Gasteiger charge is 2.07. The molecule has 1 atom stereocenters. The Morgan fingerprint density at radius 3 is 2.11 bits per heavy atom. The number of rotatable bonds is 4. The molecule has 0 spiro atoms. The Morgan fingerprint density at radius 1 is 1.44 bits per heavy atom. The van der Waals surface area contributed by atoms with Crippen molar-refractivity contribution in [1.82, 2.24) is 0 Å². The molecule has 0 aliphatic carbocycles. The van der Waals surface area contributed by atoms with Crippen LogP contribution in [0.3, 0.4) is 0 Å². The molecule has 0 radical (unpaired) electrons. The molecule has 0 fully saturated rings. The fourth-order valence-electron chi connectivity index (χ4n) is 0.728. The summed E-state index contributed by atoms with van der Waals surface area (Å²) in [6, 6.07) is 0. The van der Waals surface area contributed by atoms with Crippen LogP contribution in [0.1, 0.15) is 19.8 Å². The van der Waals surface area contributed by atoms with E-state index in [2.05, 4.69) is 0 Å². The van der Waals surface area contributed by atoms with E-state index in [-0.39, 0.29) is 5.92 Å². The smallest absolute Gasteiger partial charge is 0.151 e. The minimum Gasteiger partial charge on any atom is -0.368 e. The summed E-state index contributed by atoms with van der Waals surface area (Å²) in [4.78, 5) is 0. The Hall–Kier alpha value is -0.120. The second kappa shape index (κ2) is 4.73. The Labute approximate surface area is 55.5 Å². The maximum atomic E-state index is 8.48. The van der Waals surface area contributed by atoms with Gasteiger partial charge in [-0.1, -0.05) is 13.3 Å². The van der Waals surface area contributed by atoms with E-state index in [4.69, 9.17) is 15.9 Å². The lowest BCUT2D eigenvalue weighted by Crippen LogP contribution is -2.19. The molecule has 0 aromatic carbocycles. The van der Waals surface area contributed by atoms with Crippen molar-refractivity contribution >= 4 is 0 Å². The molecule has 0 unspecified atom stereocenters. The Bertz CT molecular complexity index is 62.1. The van der Waals surface area contributed by atoms with E-state index in [9.17, 15) is 0 Å². The predicted molar refractivity (Wildman–Crippen MR) is 35.7 cm³/mol. The van der Waals surface area contributed by atoms with Crippen molar-refractivity contribution in [3.8, 4) is 0 Å². The Kier molecular flexibility index (Phi) is 4.67. The van der Waals surface area contributed by atoms with E-state index in [1.807, 2.05) is 6.92 Å². The highest BCUT2D eigenvalue weighted by Crippen LogP contribution is 2.06. The largest absolute Gasteiger partial charge is 0.368 e. The molecule has 0 aromatic rings. The van der Waals surface area contributed by atoms with Crippen LogP contribution >= 0.6 is 0 Å². The molecule has 0 aliphatic heterocycles. The fraction of sp³-hybridized carbons (Fsp3) is 1.00. The van der Waals surface area contributed by atoms with Gasteiger partial charge in [-0.15, -0.1) is 0 Å². The van der Waals surface area contributed by atoms with Gasteiger partial charge in [0.1, 0.15) is 0 Å². The first-order valence-corrected chi connectivity index (χ1v) is 3.26. The monoisotopic (exact) mass is 133 g/mol. The van der Waals surface area contributed by atoms with Gasteiger partial charge in [-0.3, -0.25) is 0 Å². The van der Waals surface area contributed by atoms with E-state index < -0.39 is 6.29 Å². The number of nitrogens with two attached hydrogens (primary N) is 1. The molecule has 0 amide bonds. The van der Waals surface area contributed by atoms with Crippen LogP contribution in [0.15, 0.2) is 0 Å². The minimum absolute atomic E-state index is 0.255. The fourth-order valence-corrected chi connectivity index (χ4v) is 0.728.